The second-order valence-electron chi connectivity index (χ2n) is 2.34. The van der Waals surface area contributed by atoms with E-state index in [1.165, 1.54) is 19.1 Å². The lowest BCUT2D eigenvalue weighted by molar-refractivity contribution is 0.139. The van der Waals surface area contributed by atoms with Crippen molar-refractivity contribution in [1.29, 1.82) is 0 Å². The van der Waals surface area contributed by atoms with Crippen LogP contribution in [-0.2, 0) is 4.74 Å². The maximum absolute atomic E-state index is 5.53. The lowest BCUT2D eigenvalue weighted by atomic mass is 10.2. The highest BCUT2D eigenvalue weighted by Crippen LogP contribution is 2.02. The maximum Gasteiger partial charge on any atom is 0.146 e. The van der Waals surface area contributed by atoms with Crippen LogP contribution in [0.4, 0.5) is 0 Å². The van der Waals surface area contributed by atoms with Crippen molar-refractivity contribution in [2.45, 2.75) is 38.8 Å². The Morgan fingerprint density at radius 3 is 2.80 bits per heavy atom. The first-order valence-corrected chi connectivity index (χ1v) is 3.83. The van der Waals surface area contributed by atoms with Crippen molar-refractivity contribution in [3.05, 3.63) is 12.8 Å². The molecular formula is C8H17NO. The highest BCUT2D eigenvalue weighted by atomic mass is 16.5. The lowest BCUT2D eigenvalue weighted by Gasteiger charge is -2.09. The van der Waals surface area contributed by atoms with Gasteiger partial charge in [0.1, 0.15) is 6.23 Å². The SMILES string of the molecule is C=COC(N)CCCCC. The standard InChI is InChI=1S/C8H17NO/c1-3-5-6-7-8(9)10-4-2/h4,8H,2-3,5-7,9H2,1H3. The smallest absolute Gasteiger partial charge is 0.146 e. The quantitative estimate of drug-likeness (QED) is 0.350. The zero-order valence-electron chi connectivity index (χ0n) is 6.68. The summed E-state index contributed by atoms with van der Waals surface area (Å²) in [6, 6.07) is 0. The van der Waals surface area contributed by atoms with Crippen molar-refractivity contribution in [2.24, 2.45) is 5.73 Å². The van der Waals surface area contributed by atoms with Crippen LogP contribution in [0.15, 0.2) is 12.8 Å². The molecule has 0 saturated heterocycles. The van der Waals surface area contributed by atoms with Crippen molar-refractivity contribution in [1.82, 2.24) is 0 Å². The van der Waals surface area contributed by atoms with Gasteiger partial charge in [-0.2, -0.15) is 0 Å². The van der Waals surface area contributed by atoms with E-state index in [9.17, 15) is 0 Å². The summed E-state index contributed by atoms with van der Waals surface area (Å²) in [5.74, 6) is 0. The van der Waals surface area contributed by atoms with Crippen molar-refractivity contribution in [3.63, 3.8) is 0 Å². The van der Waals surface area contributed by atoms with Crippen molar-refractivity contribution < 1.29 is 4.74 Å². The molecule has 0 radical (unpaired) electrons. The van der Waals surface area contributed by atoms with Crippen LogP contribution in [0, 0.1) is 0 Å². The van der Waals surface area contributed by atoms with Crippen LogP contribution in [0.5, 0.6) is 0 Å². The highest BCUT2D eigenvalue weighted by Gasteiger charge is 1.97. The summed E-state index contributed by atoms with van der Waals surface area (Å²) in [5, 5.41) is 0. The van der Waals surface area contributed by atoms with Gasteiger partial charge < -0.3 is 4.74 Å². The van der Waals surface area contributed by atoms with Gasteiger partial charge in [0.05, 0.1) is 6.26 Å². The molecule has 2 N–H and O–H groups in total. The Hall–Kier alpha value is -0.500. The normalized spacial score (nSPS) is 12.6. The van der Waals surface area contributed by atoms with Gasteiger partial charge >= 0.3 is 0 Å². The average molecular weight is 143 g/mol. The van der Waals surface area contributed by atoms with Gasteiger partial charge in [0.2, 0.25) is 0 Å². The fraction of sp³-hybridized carbons (Fsp3) is 0.750. The molecule has 60 valence electrons. The third kappa shape index (κ3) is 5.63. The van der Waals surface area contributed by atoms with Crippen molar-refractivity contribution >= 4 is 0 Å². The molecule has 1 atom stereocenters. The van der Waals surface area contributed by atoms with Crippen molar-refractivity contribution in [3.8, 4) is 0 Å². The number of ether oxygens (including phenoxy) is 1. The number of hydrogen-bond donors (Lipinski definition) is 1. The van der Waals surface area contributed by atoms with Gasteiger partial charge in [0.15, 0.2) is 0 Å². The second kappa shape index (κ2) is 6.62. The monoisotopic (exact) mass is 143 g/mol. The molecule has 0 amide bonds. The molecule has 0 heterocycles. The topological polar surface area (TPSA) is 35.2 Å². The molecule has 0 rings (SSSR count). The number of rotatable bonds is 6. The Kier molecular flexibility index (Phi) is 6.29. The number of unbranched alkanes of at least 4 members (excludes halogenated alkanes) is 2. The molecule has 0 spiro atoms. The molecule has 0 aliphatic heterocycles. The van der Waals surface area contributed by atoms with E-state index in [-0.39, 0.29) is 6.23 Å². The molecule has 0 aromatic heterocycles. The molecule has 0 aliphatic carbocycles. The first-order chi connectivity index (χ1) is 4.81. The fourth-order valence-electron chi connectivity index (χ4n) is 0.787. The van der Waals surface area contributed by atoms with E-state index in [4.69, 9.17) is 10.5 Å². The van der Waals surface area contributed by atoms with E-state index >= 15 is 0 Å². The average Bonchev–Trinajstić information content (AvgIpc) is 1.89. The zero-order chi connectivity index (χ0) is 7.82. The minimum atomic E-state index is -0.149. The molecule has 0 aliphatic rings. The number of nitrogens with two attached hydrogens (primary N) is 1. The predicted octanol–water partition coefficient (Wildman–Crippen LogP) is 2.01. The second-order valence-corrected chi connectivity index (χ2v) is 2.34. The van der Waals surface area contributed by atoms with E-state index < -0.39 is 0 Å². The minimum absolute atomic E-state index is 0.149. The Bertz CT molecular complexity index is 83.3. The summed E-state index contributed by atoms with van der Waals surface area (Å²) < 4.78 is 4.93. The molecule has 0 fully saturated rings. The Morgan fingerprint density at radius 2 is 2.30 bits per heavy atom. The van der Waals surface area contributed by atoms with Gasteiger partial charge in [-0.1, -0.05) is 26.3 Å². The van der Waals surface area contributed by atoms with Gasteiger partial charge in [0.25, 0.3) is 0 Å². The van der Waals surface area contributed by atoms with Crippen molar-refractivity contribution in [2.75, 3.05) is 0 Å². The van der Waals surface area contributed by atoms with Crippen LogP contribution in [0.2, 0.25) is 0 Å². The van der Waals surface area contributed by atoms with E-state index in [1.807, 2.05) is 0 Å². The molecule has 0 aromatic rings. The van der Waals surface area contributed by atoms with Crippen LogP contribution in [0.3, 0.4) is 0 Å². The van der Waals surface area contributed by atoms with Gasteiger partial charge in [-0.15, -0.1) is 0 Å². The summed E-state index contributed by atoms with van der Waals surface area (Å²) >= 11 is 0. The van der Waals surface area contributed by atoms with Crippen LogP contribution in [0.1, 0.15) is 32.6 Å². The minimum Gasteiger partial charge on any atom is -0.484 e. The molecule has 2 nitrogen and oxygen atoms in total. The third-order valence-electron chi connectivity index (χ3n) is 1.36. The molecule has 0 bridgehead atoms. The Labute approximate surface area is 63.1 Å². The van der Waals surface area contributed by atoms with Crippen LogP contribution in [-0.4, -0.2) is 6.23 Å². The van der Waals surface area contributed by atoms with E-state index in [0.29, 0.717) is 0 Å². The summed E-state index contributed by atoms with van der Waals surface area (Å²) in [7, 11) is 0. The van der Waals surface area contributed by atoms with Crippen LogP contribution >= 0.6 is 0 Å². The Balaban J connectivity index is 3.04. The summed E-state index contributed by atoms with van der Waals surface area (Å²) in [5.41, 5.74) is 5.53. The zero-order valence-corrected chi connectivity index (χ0v) is 6.68. The molecule has 0 aromatic carbocycles. The maximum atomic E-state index is 5.53. The molecule has 0 saturated carbocycles. The van der Waals surface area contributed by atoms with E-state index in [0.717, 1.165) is 12.8 Å². The van der Waals surface area contributed by atoms with Gasteiger partial charge in [-0.05, 0) is 12.8 Å². The Morgan fingerprint density at radius 1 is 1.60 bits per heavy atom. The summed E-state index contributed by atoms with van der Waals surface area (Å²) in [4.78, 5) is 0. The van der Waals surface area contributed by atoms with Crippen LogP contribution in [0.25, 0.3) is 0 Å². The molecule has 10 heavy (non-hydrogen) atoms. The highest BCUT2D eigenvalue weighted by molar-refractivity contribution is 4.55. The van der Waals surface area contributed by atoms with Crippen LogP contribution < -0.4 is 5.73 Å². The van der Waals surface area contributed by atoms with Gasteiger partial charge in [-0.25, -0.2) is 0 Å². The predicted molar refractivity (Wildman–Crippen MR) is 43.4 cm³/mol. The molecule has 1 unspecified atom stereocenters. The van der Waals surface area contributed by atoms with E-state index in [2.05, 4.69) is 13.5 Å². The van der Waals surface area contributed by atoms with E-state index in [1.54, 1.807) is 0 Å². The van der Waals surface area contributed by atoms with Gasteiger partial charge in [0, 0.05) is 0 Å². The fourth-order valence-corrected chi connectivity index (χ4v) is 0.787. The first-order valence-electron chi connectivity index (χ1n) is 3.83. The summed E-state index contributed by atoms with van der Waals surface area (Å²) in [6.07, 6.45) is 5.78. The molecule has 2 heteroatoms. The number of hydrogen-bond acceptors (Lipinski definition) is 2. The lowest BCUT2D eigenvalue weighted by Crippen LogP contribution is -2.20. The first kappa shape index (κ1) is 9.50. The summed E-state index contributed by atoms with van der Waals surface area (Å²) in [6.45, 7) is 5.59. The molecular weight excluding hydrogens is 126 g/mol. The third-order valence-corrected chi connectivity index (χ3v) is 1.36. The largest absolute Gasteiger partial charge is 0.484 e. The van der Waals surface area contributed by atoms with Gasteiger partial charge in [-0.3, -0.25) is 5.73 Å².